The first-order chi connectivity index (χ1) is 12.7. The molecule has 1 aromatic heterocycles. The van der Waals surface area contributed by atoms with Gasteiger partial charge in [-0.25, -0.2) is 14.8 Å². The molecule has 0 unspecified atom stereocenters. The highest BCUT2D eigenvalue weighted by molar-refractivity contribution is 6.13. The van der Waals surface area contributed by atoms with Crippen molar-refractivity contribution in [1.29, 1.82) is 0 Å². The molecule has 0 aliphatic heterocycles. The predicted octanol–water partition coefficient (Wildman–Crippen LogP) is 4.74. The highest BCUT2D eigenvalue weighted by Crippen LogP contribution is 2.19. The lowest BCUT2D eigenvalue weighted by Crippen LogP contribution is -2.06. The summed E-state index contributed by atoms with van der Waals surface area (Å²) < 4.78 is 5.10. The van der Waals surface area contributed by atoms with Gasteiger partial charge in [0, 0.05) is 16.8 Å². The van der Waals surface area contributed by atoms with Crippen LogP contribution in [0.1, 0.15) is 34.1 Å². The smallest absolute Gasteiger partial charge is 0.338 e. The molecule has 4 nitrogen and oxygen atoms in total. The first-order valence-electron chi connectivity index (χ1n) is 8.52. The molecule has 0 fully saturated rings. The molecule has 0 saturated carbocycles. The van der Waals surface area contributed by atoms with Gasteiger partial charge < -0.3 is 4.74 Å². The summed E-state index contributed by atoms with van der Waals surface area (Å²) in [5.74, 6) is 0.117. The van der Waals surface area contributed by atoms with E-state index < -0.39 is 0 Å². The van der Waals surface area contributed by atoms with Gasteiger partial charge in [-0.15, -0.1) is 0 Å². The predicted molar refractivity (Wildman–Crippen MR) is 103 cm³/mol. The zero-order valence-electron chi connectivity index (χ0n) is 14.8. The Hall–Kier alpha value is -3.27. The Morgan fingerprint density at radius 1 is 0.923 bits per heavy atom. The standard InChI is InChI=1S/C22H20N2O2/c1-3-26-22(25)19-14-16(2)23-20(15-19)24-21(17-10-6-4-7-11-17)18-12-8-5-9-13-18/h4-15H,3H2,1-2H3. The molecule has 0 aliphatic rings. The number of carbonyl (C=O) groups is 1. The molecule has 3 aromatic rings. The van der Waals surface area contributed by atoms with E-state index in [9.17, 15) is 4.79 Å². The van der Waals surface area contributed by atoms with E-state index in [-0.39, 0.29) is 5.97 Å². The van der Waals surface area contributed by atoms with Crippen molar-refractivity contribution in [2.24, 2.45) is 4.99 Å². The lowest BCUT2D eigenvalue weighted by atomic mass is 10.0. The maximum atomic E-state index is 12.1. The first-order valence-corrected chi connectivity index (χ1v) is 8.52. The maximum absolute atomic E-state index is 12.1. The fourth-order valence-electron chi connectivity index (χ4n) is 2.64. The average molecular weight is 344 g/mol. The minimum Gasteiger partial charge on any atom is -0.462 e. The van der Waals surface area contributed by atoms with Gasteiger partial charge in [-0.1, -0.05) is 60.7 Å². The second-order valence-electron chi connectivity index (χ2n) is 5.77. The number of rotatable bonds is 5. The van der Waals surface area contributed by atoms with E-state index in [0.717, 1.165) is 22.5 Å². The summed E-state index contributed by atoms with van der Waals surface area (Å²) in [5.41, 5.74) is 3.95. The van der Waals surface area contributed by atoms with Crippen LogP contribution in [0.4, 0.5) is 5.82 Å². The molecule has 4 heteroatoms. The largest absolute Gasteiger partial charge is 0.462 e. The van der Waals surface area contributed by atoms with Crippen molar-refractivity contribution in [1.82, 2.24) is 4.98 Å². The molecule has 3 rings (SSSR count). The number of carbonyl (C=O) groups excluding carboxylic acids is 1. The van der Waals surface area contributed by atoms with E-state index in [0.29, 0.717) is 18.0 Å². The SMILES string of the molecule is CCOC(=O)c1cc(C)nc(N=C(c2ccccc2)c2ccccc2)c1. The summed E-state index contributed by atoms with van der Waals surface area (Å²) in [6, 6.07) is 23.2. The van der Waals surface area contributed by atoms with Gasteiger partial charge in [0.25, 0.3) is 0 Å². The van der Waals surface area contributed by atoms with Gasteiger partial charge in [0.1, 0.15) is 0 Å². The molecule has 2 aromatic carbocycles. The monoisotopic (exact) mass is 344 g/mol. The highest BCUT2D eigenvalue weighted by atomic mass is 16.5. The van der Waals surface area contributed by atoms with Gasteiger partial charge in [0.05, 0.1) is 17.9 Å². The van der Waals surface area contributed by atoms with Crippen molar-refractivity contribution in [2.75, 3.05) is 6.61 Å². The number of hydrogen-bond donors (Lipinski definition) is 0. The van der Waals surface area contributed by atoms with Crippen LogP contribution in [0.3, 0.4) is 0 Å². The van der Waals surface area contributed by atoms with Gasteiger partial charge >= 0.3 is 5.97 Å². The number of benzene rings is 2. The average Bonchev–Trinajstić information content (AvgIpc) is 2.67. The van der Waals surface area contributed by atoms with Gasteiger partial charge in [0.2, 0.25) is 0 Å². The van der Waals surface area contributed by atoms with E-state index >= 15 is 0 Å². The zero-order chi connectivity index (χ0) is 18.4. The molecule has 1 heterocycles. The van der Waals surface area contributed by atoms with Crippen LogP contribution in [0.15, 0.2) is 77.8 Å². The van der Waals surface area contributed by atoms with Crippen LogP contribution >= 0.6 is 0 Å². The molecule has 0 spiro atoms. The van der Waals surface area contributed by atoms with Crippen LogP contribution in [-0.4, -0.2) is 23.3 Å². The van der Waals surface area contributed by atoms with E-state index in [1.807, 2.05) is 67.6 Å². The lowest BCUT2D eigenvalue weighted by molar-refractivity contribution is 0.0526. The molecule has 0 N–H and O–H groups in total. The third kappa shape index (κ3) is 4.22. The van der Waals surface area contributed by atoms with Crippen LogP contribution in [0, 0.1) is 6.92 Å². The van der Waals surface area contributed by atoms with E-state index in [1.54, 1.807) is 19.1 Å². The maximum Gasteiger partial charge on any atom is 0.338 e. The minimum absolute atomic E-state index is 0.331. The molecule has 26 heavy (non-hydrogen) atoms. The molecule has 0 atom stereocenters. The summed E-state index contributed by atoms with van der Waals surface area (Å²) in [7, 11) is 0. The summed E-state index contributed by atoms with van der Waals surface area (Å²) in [5, 5.41) is 0. The third-order valence-electron chi connectivity index (χ3n) is 3.77. The van der Waals surface area contributed by atoms with Gasteiger partial charge in [-0.2, -0.15) is 0 Å². The number of ether oxygens (including phenoxy) is 1. The zero-order valence-corrected chi connectivity index (χ0v) is 14.8. The second kappa shape index (κ2) is 8.21. The second-order valence-corrected chi connectivity index (χ2v) is 5.77. The van der Waals surface area contributed by atoms with E-state index in [2.05, 4.69) is 4.98 Å². The third-order valence-corrected chi connectivity index (χ3v) is 3.77. The number of aryl methyl sites for hydroxylation is 1. The van der Waals surface area contributed by atoms with Crippen LogP contribution in [0.5, 0.6) is 0 Å². The fraction of sp³-hybridized carbons (Fsp3) is 0.136. The number of nitrogens with zero attached hydrogens (tertiary/aromatic N) is 2. The van der Waals surface area contributed by atoms with Crippen molar-refractivity contribution in [3.63, 3.8) is 0 Å². The molecule has 0 saturated heterocycles. The van der Waals surface area contributed by atoms with Gasteiger partial charge in [-0.05, 0) is 26.0 Å². The van der Waals surface area contributed by atoms with E-state index in [4.69, 9.17) is 9.73 Å². The molecular formula is C22H20N2O2. The Bertz CT molecular complexity index is 878. The Morgan fingerprint density at radius 2 is 1.50 bits per heavy atom. The minimum atomic E-state index is -0.365. The van der Waals surface area contributed by atoms with E-state index in [1.165, 1.54) is 0 Å². The summed E-state index contributed by atoms with van der Waals surface area (Å²) in [6.07, 6.45) is 0. The van der Waals surface area contributed by atoms with Gasteiger partial charge in [0.15, 0.2) is 5.82 Å². The topological polar surface area (TPSA) is 51.5 Å². The van der Waals surface area contributed by atoms with Crippen molar-refractivity contribution in [3.8, 4) is 0 Å². The normalized spacial score (nSPS) is 10.2. The summed E-state index contributed by atoms with van der Waals surface area (Å²) >= 11 is 0. The van der Waals surface area contributed by atoms with Crippen LogP contribution in [-0.2, 0) is 4.74 Å². The van der Waals surface area contributed by atoms with Crippen molar-refractivity contribution < 1.29 is 9.53 Å². The number of aliphatic imine (C=N–C) groups is 1. The Kier molecular flexibility index (Phi) is 5.54. The molecule has 0 bridgehead atoms. The van der Waals surface area contributed by atoms with Crippen molar-refractivity contribution in [2.45, 2.75) is 13.8 Å². The number of hydrogen-bond acceptors (Lipinski definition) is 4. The Morgan fingerprint density at radius 3 is 2.04 bits per heavy atom. The summed E-state index contributed by atoms with van der Waals surface area (Å²) in [4.78, 5) is 21.3. The van der Waals surface area contributed by atoms with Crippen molar-refractivity contribution >= 4 is 17.5 Å². The van der Waals surface area contributed by atoms with Crippen LogP contribution in [0.25, 0.3) is 0 Å². The molecular weight excluding hydrogens is 324 g/mol. The summed E-state index contributed by atoms with van der Waals surface area (Å²) in [6.45, 7) is 3.96. The molecule has 0 radical (unpaired) electrons. The number of pyridine rings is 1. The Balaban J connectivity index is 2.10. The highest BCUT2D eigenvalue weighted by Gasteiger charge is 2.11. The lowest BCUT2D eigenvalue weighted by Gasteiger charge is -2.09. The quantitative estimate of drug-likeness (QED) is 0.496. The molecule has 0 amide bonds. The van der Waals surface area contributed by atoms with Crippen LogP contribution in [0.2, 0.25) is 0 Å². The molecule has 130 valence electrons. The Labute approximate surface area is 153 Å². The fourth-order valence-corrected chi connectivity index (χ4v) is 2.64. The van der Waals surface area contributed by atoms with Gasteiger partial charge in [-0.3, -0.25) is 0 Å². The first kappa shape index (κ1) is 17.5. The van der Waals surface area contributed by atoms with Crippen LogP contribution < -0.4 is 0 Å². The number of esters is 1. The molecule has 0 aliphatic carbocycles. The van der Waals surface area contributed by atoms with Crippen molar-refractivity contribution in [3.05, 3.63) is 95.2 Å². The number of aromatic nitrogens is 1.